The molecule has 1 aliphatic carbocycles. The molecule has 0 aromatic rings. The van der Waals surface area contributed by atoms with E-state index >= 15 is 0 Å². The summed E-state index contributed by atoms with van der Waals surface area (Å²) in [4.78, 5) is 11.8. The van der Waals surface area contributed by atoms with Crippen LogP contribution in [0.25, 0.3) is 0 Å². The summed E-state index contributed by atoms with van der Waals surface area (Å²) in [5.74, 6) is 0.217. The zero-order valence-corrected chi connectivity index (χ0v) is 10.3. The third kappa shape index (κ3) is 2.96. The van der Waals surface area contributed by atoms with Gasteiger partial charge in [-0.3, -0.25) is 4.79 Å². The number of amides is 1. The number of carbonyl (C=O) groups is 1. The fraction of sp³-hybridized carbons (Fsp3) is 0.833. The van der Waals surface area contributed by atoms with Gasteiger partial charge in [0, 0.05) is 12.0 Å². The number of hydrogen-bond donors (Lipinski definition) is 2. The molecule has 1 aliphatic rings. The molecule has 0 spiro atoms. The molecule has 0 saturated heterocycles. The number of nitriles is 1. The highest BCUT2D eigenvalue weighted by Gasteiger charge is 2.36. The second-order valence-corrected chi connectivity index (χ2v) is 4.88. The van der Waals surface area contributed by atoms with E-state index in [-0.39, 0.29) is 17.9 Å². The van der Waals surface area contributed by atoms with Crippen LogP contribution in [-0.2, 0) is 4.79 Å². The Balaban J connectivity index is 2.49. The zero-order valence-electron chi connectivity index (χ0n) is 10.3. The Morgan fingerprint density at radius 2 is 2.00 bits per heavy atom. The number of nitrogens with one attached hydrogen (secondary N) is 2. The first-order valence-corrected chi connectivity index (χ1v) is 5.93. The van der Waals surface area contributed by atoms with Crippen LogP contribution < -0.4 is 10.6 Å². The largest absolute Gasteiger partial charge is 0.354 e. The Kier molecular flexibility index (Phi) is 4.31. The maximum atomic E-state index is 11.8. The molecule has 16 heavy (non-hydrogen) atoms. The Bertz CT molecular complexity index is 285. The van der Waals surface area contributed by atoms with E-state index in [2.05, 4.69) is 16.7 Å². The lowest BCUT2D eigenvalue weighted by atomic mass is 9.77. The lowest BCUT2D eigenvalue weighted by Crippen LogP contribution is -2.47. The molecule has 0 aromatic heterocycles. The van der Waals surface area contributed by atoms with Crippen molar-refractivity contribution in [1.82, 2.24) is 10.6 Å². The molecule has 2 N–H and O–H groups in total. The molecule has 0 aromatic carbocycles. The van der Waals surface area contributed by atoms with E-state index in [1.807, 2.05) is 20.9 Å². The van der Waals surface area contributed by atoms with Gasteiger partial charge >= 0.3 is 0 Å². The van der Waals surface area contributed by atoms with Crippen LogP contribution in [0, 0.1) is 17.2 Å². The van der Waals surface area contributed by atoms with E-state index < -0.39 is 5.54 Å². The van der Waals surface area contributed by atoms with Crippen molar-refractivity contribution in [2.75, 3.05) is 7.05 Å². The third-order valence-corrected chi connectivity index (χ3v) is 3.33. The van der Waals surface area contributed by atoms with E-state index in [9.17, 15) is 4.79 Å². The third-order valence-electron chi connectivity index (χ3n) is 3.33. The van der Waals surface area contributed by atoms with Gasteiger partial charge in [0.05, 0.1) is 6.07 Å². The minimum absolute atomic E-state index is 0.0808. The van der Waals surface area contributed by atoms with Crippen LogP contribution in [0.5, 0.6) is 0 Å². The standard InChI is InChI=1S/C12H21N3O/c1-9(2)15-11(16)10-4-6-12(8-13,14-3)7-5-10/h9-10,14H,4-7H2,1-3H3,(H,15,16). The van der Waals surface area contributed by atoms with Gasteiger partial charge < -0.3 is 10.6 Å². The zero-order chi connectivity index (χ0) is 12.2. The van der Waals surface area contributed by atoms with Gasteiger partial charge in [0.2, 0.25) is 5.91 Å². The minimum atomic E-state index is -0.408. The summed E-state index contributed by atoms with van der Waals surface area (Å²) in [5.41, 5.74) is -0.408. The van der Waals surface area contributed by atoms with Gasteiger partial charge in [0.25, 0.3) is 0 Å². The average Bonchev–Trinajstić information content (AvgIpc) is 2.28. The number of hydrogen-bond acceptors (Lipinski definition) is 3. The molecule has 0 radical (unpaired) electrons. The monoisotopic (exact) mass is 223 g/mol. The molecule has 0 unspecified atom stereocenters. The summed E-state index contributed by atoms with van der Waals surface area (Å²) in [5, 5.41) is 15.1. The number of nitrogens with zero attached hydrogens (tertiary/aromatic N) is 1. The Morgan fingerprint density at radius 1 is 1.44 bits per heavy atom. The first kappa shape index (κ1) is 13.0. The second-order valence-electron chi connectivity index (χ2n) is 4.88. The van der Waals surface area contributed by atoms with Crippen molar-refractivity contribution in [2.45, 2.75) is 51.1 Å². The van der Waals surface area contributed by atoms with Crippen molar-refractivity contribution < 1.29 is 4.79 Å². The highest BCUT2D eigenvalue weighted by molar-refractivity contribution is 5.79. The summed E-state index contributed by atoms with van der Waals surface area (Å²) in [7, 11) is 1.82. The predicted molar refractivity (Wildman–Crippen MR) is 62.6 cm³/mol. The fourth-order valence-electron chi connectivity index (χ4n) is 2.19. The fourth-order valence-corrected chi connectivity index (χ4v) is 2.19. The van der Waals surface area contributed by atoms with Crippen LogP contribution >= 0.6 is 0 Å². The SMILES string of the molecule is CNC1(C#N)CCC(C(=O)NC(C)C)CC1. The molecule has 0 heterocycles. The summed E-state index contributed by atoms with van der Waals surface area (Å²) in [6.45, 7) is 3.93. The van der Waals surface area contributed by atoms with Crippen molar-refractivity contribution in [3.05, 3.63) is 0 Å². The summed E-state index contributed by atoms with van der Waals surface area (Å²) in [6, 6.07) is 2.52. The summed E-state index contributed by atoms with van der Waals surface area (Å²) in [6.07, 6.45) is 3.12. The highest BCUT2D eigenvalue weighted by atomic mass is 16.1. The van der Waals surface area contributed by atoms with Crippen molar-refractivity contribution in [3.63, 3.8) is 0 Å². The van der Waals surface area contributed by atoms with Crippen molar-refractivity contribution in [2.24, 2.45) is 5.92 Å². The van der Waals surface area contributed by atoms with Crippen LogP contribution in [0.15, 0.2) is 0 Å². The molecule has 1 rings (SSSR count). The quantitative estimate of drug-likeness (QED) is 0.755. The molecule has 1 amide bonds. The highest BCUT2D eigenvalue weighted by Crippen LogP contribution is 2.31. The van der Waals surface area contributed by atoms with E-state index in [4.69, 9.17) is 5.26 Å². The topological polar surface area (TPSA) is 64.9 Å². The smallest absolute Gasteiger partial charge is 0.223 e. The van der Waals surface area contributed by atoms with Crippen LogP contribution in [0.3, 0.4) is 0 Å². The molecule has 0 atom stereocenters. The second kappa shape index (κ2) is 5.31. The van der Waals surface area contributed by atoms with Crippen molar-refractivity contribution >= 4 is 5.91 Å². The van der Waals surface area contributed by atoms with Crippen molar-refractivity contribution in [1.29, 1.82) is 5.26 Å². The molecule has 0 aliphatic heterocycles. The van der Waals surface area contributed by atoms with Gasteiger partial charge in [0.1, 0.15) is 5.54 Å². The first-order chi connectivity index (χ1) is 7.53. The maximum Gasteiger partial charge on any atom is 0.223 e. The number of carbonyl (C=O) groups excluding carboxylic acids is 1. The predicted octanol–water partition coefficient (Wildman–Crippen LogP) is 1.18. The Morgan fingerprint density at radius 3 is 2.38 bits per heavy atom. The molecule has 0 bridgehead atoms. The average molecular weight is 223 g/mol. The lowest BCUT2D eigenvalue weighted by Gasteiger charge is -2.34. The summed E-state index contributed by atoms with van der Waals surface area (Å²) < 4.78 is 0. The van der Waals surface area contributed by atoms with Crippen LogP contribution in [-0.4, -0.2) is 24.5 Å². The van der Waals surface area contributed by atoms with Crippen molar-refractivity contribution in [3.8, 4) is 6.07 Å². The van der Waals surface area contributed by atoms with E-state index in [1.54, 1.807) is 0 Å². The Labute approximate surface area is 97.4 Å². The summed E-state index contributed by atoms with van der Waals surface area (Å²) >= 11 is 0. The first-order valence-electron chi connectivity index (χ1n) is 5.93. The van der Waals surface area contributed by atoms with Gasteiger partial charge in [-0.25, -0.2) is 0 Å². The minimum Gasteiger partial charge on any atom is -0.354 e. The maximum absolute atomic E-state index is 11.8. The Hall–Kier alpha value is -1.08. The molecule has 90 valence electrons. The van der Waals surface area contributed by atoms with Gasteiger partial charge in [-0.2, -0.15) is 5.26 Å². The van der Waals surface area contributed by atoms with Crippen LogP contribution in [0.4, 0.5) is 0 Å². The van der Waals surface area contributed by atoms with Crippen LogP contribution in [0.2, 0.25) is 0 Å². The van der Waals surface area contributed by atoms with Crippen LogP contribution in [0.1, 0.15) is 39.5 Å². The van der Waals surface area contributed by atoms with Gasteiger partial charge in [-0.15, -0.1) is 0 Å². The lowest BCUT2D eigenvalue weighted by molar-refractivity contribution is -0.126. The van der Waals surface area contributed by atoms with Gasteiger partial charge in [0.15, 0.2) is 0 Å². The molecule has 1 saturated carbocycles. The molecular weight excluding hydrogens is 202 g/mol. The normalized spacial score (nSPS) is 29.8. The van der Waals surface area contributed by atoms with E-state index in [1.165, 1.54) is 0 Å². The molecule has 4 heteroatoms. The van der Waals surface area contributed by atoms with Gasteiger partial charge in [-0.1, -0.05) is 0 Å². The van der Waals surface area contributed by atoms with Gasteiger partial charge in [-0.05, 0) is 46.6 Å². The molecule has 1 fully saturated rings. The number of rotatable bonds is 3. The van der Waals surface area contributed by atoms with E-state index in [0.29, 0.717) is 0 Å². The van der Waals surface area contributed by atoms with E-state index in [0.717, 1.165) is 25.7 Å². The molecule has 4 nitrogen and oxygen atoms in total. The molecular formula is C12H21N3O.